The van der Waals surface area contributed by atoms with Crippen LogP contribution in [0.4, 0.5) is 4.39 Å². The van der Waals surface area contributed by atoms with Crippen molar-refractivity contribution in [1.82, 2.24) is 5.32 Å². The Kier molecular flexibility index (Phi) is 4.05. The van der Waals surface area contributed by atoms with Crippen molar-refractivity contribution >= 4 is 15.9 Å². The largest absolute Gasteiger partial charge is 0.492 e. The Morgan fingerprint density at radius 1 is 1.47 bits per heavy atom. The second-order valence-corrected chi connectivity index (χ2v) is 5.52. The van der Waals surface area contributed by atoms with E-state index in [1.165, 1.54) is 6.07 Å². The van der Waals surface area contributed by atoms with Crippen LogP contribution in [0.2, 0.25) is 0 Å². The number of fused-ring (bicyclic) bond motifs is 1. The molecule has 1 N–H and O–H groups in total. The molecule has 2 nitrogen and oxygen atoms in total. The maximum absolute atomic E-state index is 13.5. The third-order valence-electron chi connectivity index (χ3n) is 2.83. The minimum Gasteiger partial charge on any atom is -0.492 e. The van der Waals surface area contributed by atoms with Gasteiger partial charge in [0.15, 0.2) is 0 Å². The van der Waals surface area contributed by atoms with Crippen molar-refractivity contribution in [3.8, 4) is 5.75 Å². The number of ether oxygens (including phenoxy) is 1. The van der Waals surface area contributed by atoms with Crippen molar-refractivity contribution in [2.75, 3.05) is 6.61 Å². The molecule has 0 bridgehead atoms. The molecular formula is C13H17BrFNO. The molecule has 1 aliphatic heterocycles. The first-order valence-corrected chi connectivity index (χ1v) is 6.75. The van der Waals surface area contributed by atoms with Crippen LogP contribution in [0.1, 0.15) is 38.3 Å². The van der Waals surface area contributed by atoms with Crippen molar-refractivity contribution in [1.29, 1.82) is 0 Å². The van der Waals surface area contributed by atoms with E-state index in [1.54, 1.807) is 6.07 Å². The van der Waals surface area contributed by atoms with Crippen LogP contribution in [0.3, 0.4) is 0 Å². The van der Waals surface area contributed by atoms with E-state index in [0.717, 1.165) is 24.2 Å². The Labute approximate surface area is 110 Å². The number of benzene rings is 1. The van der Waals surface area contributed by atoms with Gasteiger partial charge in [0, 0.05) is 17.6 Å². The van der Waals surface area contributed by atoms with E-state index in [0.29, 0.717) is 17.1 Å². The number of halogens is 2. The lowest BCUT2D eigenvalue weighted by molar-refractivity contribution is 0.312. The molecule has 0 saturated heterocycles. The van der Waals surface area contributed by atoms with Crippen molar-refractivity contribution in [2.24, 2.45) is 0 Å². The second-order valence-electron chi connectivity index (χ2n) is 4.67. The highest BCUT2D eigenvalue weighted by Gasteiger charge is 2.23. The number of rotatable bonds is 2. The number of hydrogen-bond donors (Lipinski definition) is 1. The first-order valence-electron chi connectivity index (χ1n) is 5.95. The highest BCUT2D eigenvalue weighted by atomic mass is 79.9. The van der Waals surface area contributed by atoms with Crippen LogP contribution in [0.15, 0.2) is 16.6 Å². The lowest BCUT2D eigenvalue weighted by Crippen LogP contribution is -2.28. The first kappa shape index (κ1) is 12.8. The molecule has 94 valence electrons. The summed E-state index contributed by atoms with van der Waals surface area (Å²) < 4.78 is 19.9. The Morgan fingerprint density at radius 3 is 2.94 bits per heavy atom. The normalized spacial score (nSPS) is 19.7. The first-order chi connectivity index (χ1) is 8.08. The molecule has 0 amide bonds. The van der Waals surface area contributed by atoms with Crippen molar-refractivity contribution in [3.63, 3.8) is 0 Å². The van der Waals surface area contributed by atoms with E-state index in [2.05, 4.69) is 35.1 Å². The smallest absolute Gasteiger partial charge is 0.138 e. The van der Waals surface area contributed by atoms with E-state index in [-0.39, 0.29) is 11.9 Å². The van der Waals surface area contributed by atoms with Gasteiger partial charge in [-0.2, -0.15) is 0 Å². The van der Waals surface area contributed by atoms with Gasteiger partial charge in [0.25, 0.3) is 0 Å². The molecule has 0 aliphatic carbocycles. The lowest BCUT2D eigenvalue weighted by atomic mass is 10.0. The fourth-order valence-corrected chi connectivity index (χ4v) is 2.75. The molecule has 1 aromatic carbocycles. The summed E-state index contributed by atoms with van der Waals surface area (Å²) in [5.74, 6) is 0.554. The van der Waals surface area contributed by atoms with Gasteiger partial charge in [0.1, 0.15) is 11.6 Å². The topological polar surface area (TPSA) is 21.3 Å². The summed E-state index contributed by atoms with van der Waals surface area (Å²) in [7, 11) is 0. The van der Waals surface area contributed by atoms with Crippen LogP contribution >= 0.6 is 15.9 Å². The maximum Gasteiger partial charge on any atom is 0.138 e. The molecule has 0 spiro atoms. The Balaban J connectivity index is 2.40. The summed E-state index contributed by atoms with van der Waals surface area (Å²) in [6.45, 7) is 4.88. The predicted molar refractivity (Wildman–Crippen MR) is 69.8 cm³/mol. The van der Waals surface area contributed by atoms with Gasteiger partial charge >= 0.3 is 0 Å². The van der Waals surface area contributed by atoms with Gasteiger partial charge in [0.2, 0.25) is 0 Å². The lowest BCUT2D eigenvalue weighted by Gasteiger charge is -2.21. The van der Waals surface area contributed by atoms with Crippen LogP contribution in [-0.2, 0) is 0 Å². The zero-order valence-corrected chi connectivity index (χ0v) is 11.7. The second kappa shape index (κ2) is 5.36. The zero-order valence-electron chi connectivity index (χ0n) is 10.1. The Bertz CT molecular complexity index is 409. The molecule has 1 heterocycles. The molecule has 1 aliphatic rings. The molecule has 1 atom stereocenters. The van der Waals surface area contributed by atoms with Crippen LogP contribution < -0.4 is 10.1 Å². The summed E-state index contributed by atoms with van der Waals surface area (Å²) in [4.78, 5) is 0. The average molecular weight is 302 g/mol. The van der Waals surface area contributed by atoms with Gasteiger partial charge in [-0.05, 0) is 40.9 Å². The van der Waals surface area contributed by atoms with Crippen LogP contribution in [0, 0.1) is 5.82 Å². The quantitative estimate of drug-likeness (QED) is 0.897. The molecule has 0 saturated carbocycles. The summed E-state index contributed by atoms with van der Waals surface area (Å²) in [6, 6.07) is 3.56. The van der Waals surface area contributed by atoms with Crippen LogP contribution in [0.25, 0.3) is 0 Å². The average Bonchev–Trinajstić information content (AvgIpc) is 2.41. The minimum atomic E-state index is -0.225. The van der Waals surface area contributed by atoms with Crippen LogP contribution in [0.5, 0.6) is 5.75 Å². The van der Waals surface area contributed by atoms with Crippen molar-refractivity contribution < 1.29 is 9.13 Å². The van der Waals surface area contributed by atoms with Gasteiger partial charge in [-0.25, -0.2) is 4.39 Å². The molecular weight excluding hydrogens is 285 g/mol. The Morgan fingerprint density at radius 2 is 2.24 bits per heavy atom. The standard InChI is InChI=1S/C13H17BrFNO/c1-8(2)16-12-4-3-5-17-13-10(12)6-9(15)7-11(13)14/h6-8,12,16H,3-5H2,1-2H3. The van der Waals surface area contributed by atoms with Gasteiger partial charge in [-0.3, -0.25) is 0 Å². The third kappa shape index (κ3) is 2.99. The monoisotopic (exact) mass is 301 g/mol. The highest BCUT2D eigenvalue weighted by molar-refractivity contribution is 9.10. The number of hydrogen-bond acceptors (Lipinski definition) is 2. The molecule has 0 radical (unpaired) electrons. The molecule has 0 aromatic heterocycles. The molecule has 1 aromatic rings. The molecule has 1 unspecified atom stereocenters. The summed E-state index contributed by atoms with van der Waals surface area (Å²) in [6.07, 6.45) is 1.95. The summed E-state index contributed by atoms with van der Waals surface area (Å²) >= 11 is 3.37. The third-order valence-corrected chi connectivity index (χ3v) is 3.42. The van der Waals surface area contributed by atoms with E-state index >= 15 is 0 Å². The minimum absolute atomic E-state index is 0.166. The van der Waals surface area contributed by atoms with E-state index in [9.17, 15) is 4.39 Å². The van der Waals surface area contributed by atoms with Gasteiger partial charge < -0.3 is 10.1 Å². The highest BCUT2D eigenvalue weighted by Crippen LogP contribution is 2.38. The molecule has 0 fully saturated rings. The van der Waals surface area contributed by atoms with E-state index in [4.69, 9.17) is 4.74 Å². The predicted octanol–water partition coefficient (Wildman–Crippen LogP) is 3.80. The molecule has 2 rings (SSSR count). The fraction of sp³-hybridized carbons (Fsp3) is 0.538. The van der Waals surface area contributed by atoms with E-state index in [1.807, 2.05) is 0 Å². The summed E-state index contributed by atoms with van der Waals surface area (Å²) in [5, 5.41) is 3.46. The van der Waals surface area contributed by atoms with Crippen molar-refractivity contribution in [3.05, 3.63) is 28.0 Å². The van der Waals surface area contributed by atoms with Crippen molar-refractivity contribution in [2.45, 2.75) is 38.8 Å². The maximum atomic E-state index is 13.5. The van der Waals surface area contributed by atoms with Crippen LogP contribution in [-0.4, -0.2) is 12.6 Å². The molecule has 4 heteroatoms. The Hall–Kier alpha value is -0.610. The summed E-state index contributed by atoms with van der Waals surface area (Å²) in [5.41, 5.74) is 0.920. The zero-order chi connectivity index (χ0) is 12.4. The van der Waals surface area contributed by atoms with Gasteiger partial charge in [0.05, 0.1) is 11.1 Å². The van der Waals surface area contributed by atoms with Gasteiger partial charge in [-0.15, -0.1) is 0 Å². The van der Waals surface area contributed by atoms with E-state index < -0.39 is 0 Å². The number of nitrogens with one attached hydrogen (secondary N) is 1. The SMILES string of the molecule is CC(C)NC1CCCOc2c(Br)cc(F)cc21. The molecule has 17 heavy (non-hydrogen) atoms. The fourth-order valence-electron chi connectivity index (χ4n) is 2.18. The van der Waals surface area contributed by atoms with Gasteiger partial charge in [-0.1, -0.05) is 13.8 Å².